The molecule has 0 saturated carbocycles. The fraction of sp³-hybridized carbons (Fsp3) is 0.611. The summed E-state index contributed by atoms with van der Waals surface area (Å²) in [5.74, 6) is 2.16. The van der Waals surface area contributed by atoms with Gasteiger partial charge in [-0.1, -0.05) is 19.8 Å². The maximum absolute atomic E-state index is 12.3. The molecule has 1 aromatic heterocycles. The van der Waals surface area contributed by atoms with Gasteiger partial charge in [-0.25, -0.2) is 9.59 Å². The Labute approximate surface area is 162 Å². The van der Waals surface area contributed by atoms with Crippen molar-refractivity contribution in [1.82, 2.24) is 9.55 Å². The number of nitrogens with zero attached hydrogens (tertiary/aromatic N) is 2. The van der Waals surface area contributed by atoms with Crippen LogP contribution >= 0.6 is 0 Å². The Morgan fingerprint density at radius 1 is 1.43 bits per heavy atom. The molecular formula is C18H25N3O7. The number of carbonyl (C=O) groups excluding carboxylic acids is 1. The van der Waals surface area contributed by atoms with Crippen molar-refractivity contribution in [3.05, 3.63) is 22.2 Å². The van der Waals surface area contributed by atoms with E-state index in [0.717, 1.165) is 4.57 Å². The maximum Gasteiger partial charge on any atom is 0.412 e. The SMILES string of the molecule is C#Cc1cn([C@@H]2O[C@H](C)[C@@H](O)[C@H]2O)c(=O)nc1NC(=O)OCC(C)(C)COC. The molecule has 10 nitrogen and oxygen atoms in total. The molecule has 0 unspecified atom stereocenters. The molecule has 2 heterocycles. The van der Waals surface area contributed by atoms with Crippen molar-refractivity contribution in [1.29, 1.82) is 0 Å². The predicted octanol–water partition coefficient (Wildman–Crippen LogP) is 0.0848. The topological polar surface area (TPSA) is 132 Å². The van der Waals surface area contributed by atoms with Gasteiger partial charge in [0.05, 0.1) is 18.3 Å². The number of rotatable bonds is 6. The van der Waals surface area contributed by atoms with Crippen molar-refractivity contribution in [2.75, 3.05) is 25.6 Å². The van der Waals surface area contributed by atoms with E-state index < -0.39 is 41.7 Å². The maximum atomic E-state index is 12.3. The van der Waals surface area contributed by atoms with Crippen molar-refractivity contribution in [2.45, 2.75) is 45.3 Å². The molecule has 10 heteroatoms. The van der Waals surface area contributed by atoms with Gasteiger partial charge in [0.25, 0.3) is 0 Å². The summed E-state index contributed by atoms with van der Waals surface area (Å²) < 4.78 is 16.6. The number of ether oxygens (including phenoxy) is 3. The minimum Gasteiger partial charge on any atom is -0.449 e. The largest absolute Gasteiger partial charge is 0.449 e. The normalized spacial score (nSPS) is 24.6. The van der Waals surface area contributed by atoms with E-state index in [1.165, 1.54) is 6.20 Å². The molecule has 0 bridgehead atoms. The smallest absolute Gasteiger partial charge is 0.412 e. The third kappa shape index (κ3) is 4.88. The molecule has 2 rings (SSSR count). The van der Waals surface area contributed by atoms with E-state index in [1.54, 1.807) is 14.0 Å². The van der Waals surface area contributed by atoms with Gasteiger partial charge in [-0.05, 0) is 6.92 Å². The number of terminal acetylenes is 1. The second-order valence-electron chi connectivity index (χ2n) is 7.35. The van der Waals surface area contributed by atoms with Crippen LogP contribution in [0.3, 0.4) is 0 Å². The lowest BCUT2D eigenvalue weighted by atomic mass is 9.96. The van der Waals surface area contributed by atoms with E-state index in [2.05, 4.69) is 16.2 Å². The molecule has 0 radical (unpaired) electrons. The van der Waals surface area contributed by atoms with E-state index in [-0.39, 0.29) is 18.0 Å². The lowest BCUT2D eigenvalue weighted by molar-refractivity contribution is -0.0350. The van der Waals surface area contributed by atoms with E-state index in [1.807, 2.05) is 13.8 Å². The number of aliphatic hydroxyl groups is 2. The standard InChI is InChI=1S/C18H25N3O7/c1-6-11-7-21(15-13(23)12(22)10(2)28-15)16(24)19-14(11)20-17(25)27-9-18(3,4)8-26-5/h1,7,10,12-13,15,22-23H,8-9H2,2-5H3,(H,19,20,24,25)/t10-,12-,13-,15-/m1/s1. The number of nitrogens with one attached hydrogen (secondary N) is 1. The summed E-state index contributed by atoms with van der Waals surface area (Å²) in [5, 5.41) is 22.2. The second-order valence-corrected chi connectivity index (χ2v) is 7.35. The van der Waals surface area contributed by atoms with Gasteiger partial charge in [-0.2, -0.15) is 4.98 Å². The van der Waals surface area contributed by atoms with Crippen LogP contribution < -0.4 is 11.0 Å². The molecule has 1 aliphatic heterocycles. The Morgan fingerprint density at radius 3 is 2.64 bits per heavy atom. The van der Waals surface area contributed by atoms with E-state index in [9.17, 15) is 19.8 Å². The van der Waals surface area contributed by atoms with Crippen LogP contribution in [0.4, 0.5) is 10.6 Å². The van der Waals surface area contributed by atoms with Crippen molar-refractivity contribution in [2.24, 2.45) is 5.41 Å². The van der Waals surface area contributed by atoms with Gasteiger partial charge in [-0.3, -0.25) is 9.88 Å². The predicted molar refractivity (Wildman–Crippen MR) is 98.7 cm³/mol. The summed E-state index contributed by atoms with van der Waals surface area (Å²) in [6, 6.07) is 0. The number of anilines is 1. The van der Waals surface area contributed by atoms with E-state index >= 15 is 0 Å². The molecule has 4 atom stereocenters. The Kier molecular flexibility index (Phi) is 6.79. The number of carbonyl (C=O) groups is 1. The van der Waals surface area contributed by atoms with Gasteiger partial charge in [0.1, 0.15) is 18.8 Å². The van der Waals surface area contributed by atoms with Crippen LogP contribution in [-0.2, 0) is 14.2 Å². The summed E-state index contributed by atoms with van der Waals surface area (Å²) in [5.41, 5.74) is -1.14. The molecule has 28 heavy (non-hydrogen) atoms. The fourth-order valence-corrected chi connectivity index (χ4v) is 2.74. The van der Waals surface area contributed by atoms with Crippen molar-refractivity contribution >= 4 is 11.9 Å². The zero-order valence-corrected chi connectivity index (χ0v) is 16.2. The fourth-order valence-electron chi connectivity index (χ4n) is 2.74. The van der Waals surface area contributed by atoms with Crippen LogP contribution in [-0.4, -0.2) is 64.5 Å². The highest BCUT2D eigenvalue weighted by Crippen LogP contribution is 2.28. The summed E-state index contributed by atoms with van der Waals surface area (Å²) in [6.45, 7) is 5.74. The minimum atomic E-state index is -1.33. The van der Waals surface area contributed by atoms with Crippen molar-refractivity contribution < 1.29 is 29.2 Å². The first-order valence-corrected chi connectivity index (χ1v) is 8.63. The number of hydrogen-bond acceptors (Lipinski definition) is 8. The van der Waals surface area contributed by atoms with Crippen LogP contribution in [0.1, 0.15) is 32.6 Å². The van der Waals surface area contributed by atoms with Crippen molar-refractivity contribution in [3.63, 3.8) is 0 Å². The summed E-state index contributed by atoms with van der Waals surface area (Å²) in [7, 11) is 1.55. The quantitative estimate of drug-likeness (QED) is 0.577. The summed E-state index contributed by atoms with van der Waals surface area (Å²) in [4.78, 5) is 28.1. The number of aromatic nitrogens is 2. The van der Waals surface area contributed by atoms with Gasteiger partial charge < -0.3 is 24.4 Å². The highest BCUT2D eigenvalue weighted by molar-refractivity contribution is 5.84. The number of aliphatic hydroxyl groups excluding tert-OH is 2. The molecule has 1 fully saturated rings. The second kappa shape index (κ2) is 8.70. The molecular weight excluding hydrogens is 370 g/mol. The third-order valence-electron chi connectivity index (χ3n) is 4.21. The lowest BCUT2D eigenvalue weighted by Gasteiger charge is -2.23. The summed E-state index contributed by atoms with van der Waals surface area (Å²) >= 11 is 0. The number of methoxy groups -OCH3 is 1. The third-order valence-corrected chi connectivity index (χ3v) is 4.21. The Balaban J connectivity index is 2.17. The molecule has 1 amide bonds. The van der Waals surface area contributed by atoms with Gasteiger partial charge in [0.2, 0.25) is 0 Å². The number of amides is 1. The first kappa shape index (κ1) is 21.8. The zero-order valence-electron chi connectivity index (χ0n) is 16.2. The van der Waals surface area contributed by atoms with Crippen molar-refractivity contribution in [3.8, 4) is 12.3 Å². The Morgan fingerprint density at radius 2 is 2.11 bits per heavy atom. The monoisotopic (exact) mass is 395 g/mol. The van der Waals surface area contributed by atoms with Gasteiger partial charge >= 0.3 is 11.8 Å². The van der Waals surface area contributed by atoms with Crippen LogP contribution in [0.5, 0.6) is 0 Å². The van der Waals surface area contributed by atoms with Crippen LogP contribution in [0.15, 0.2) is 11.0 Å². The first-order chi connectivity index (χ1) is 13.1. The van der Waals surface area contributed by atoms with Gasteiger partial charge in [-0.15, -0.1) is 6.42 Å². The highest BCUT2D eigenvalue weighted by Gasteiger charge is 2.42. The molecule has 1 aliphatic rings. The molecule has 0 spiro atoms. The molecule has 0 aromatic carbocycles. The van der Waals surface area contributed by atoms with E-state index in [4.69, 9.17) is 20.6 Å². The van der Waals surface area contributed by atoms with Crippen LogP contribution in [0.25, 0.3) is 0 Å². The number of hydrogen-bond donors (Lipinski definition) is 3. The average Bonchev–Trinajstić information content (AvgIpc) is 2.88. The van der Waals surface area contributed by atoms with Crippen LogP contribution in [0.2, 0.25) is 0 Å². The minimum absolute atomic E-state index is 0.0764. The van der Waals surface area contributed by atoms with Crippen LogP contribution in [0, 0.1) is 17.8 Å². The average molecular weight is 395 g/mol. The molecule has 0 aliphatic carbocycles. The van der Waals surface area contributed by atoms with Gasteiger partial charge in [0, 0.05) is 18.7 Å². The highest BCUT2D eigenvalue weighted by atomic mass is 16.6. The molecule has 154 valence electrons. The molecule has 3 N–H and O–H groups in total. The Bertz CT molecular complexity index is 814. The first-order valence-electron chi connectivity index (χ1n) is 8.63. The van der Waals surface area contributed by atoms with E-state index in [0.29, 0.717) is 6.61 Å². The Hall–Kier alpha value is -2.45. The zero-order chi connectivity index (χ0) is 21.1. The molecule has 1 aromatic rings. The van der Waals surface area contributed by atoms with Gasteiger partial charge in [0.15, 0.2) is 12.0 Å². The lowest BCUT2D eigenvalue weighted by Crippen LogP contribution is -2.36. The summed E-state index contributed by atoms with van der Waals surface area (Å²) in [6.07, 6.45) is 1.54. The molecule has 1 saturated heterocycles.